The molecular weight excluding hydrogens is 475 g/mol. The Labute approximate surface area is 183 Å². The molecule has 28 heavy (non-hydrogen) atoms. The number of piperazine rings is 1. The van der Waals surface area contributed by atoms with Crippen LogP contribution in [0, 0.1) is 0 Å². The second-order valence-corrected chi connectivity index (χ2v) is 6.73. The molecule has 1 N–H and O–H groups in total. The number of aliphatic imine (C=N–C) groups is 1. The molecule has 3 heterocycles. The van der Waals surface area contributed by atoms with Crippen LogP contribution >= 0.6 is 24.0 Å². The summed E-state index contributed by atoms with van der Waals surface area (Å²) in [5.74, 6) is 1.83. The van der Waals surface area contributed by atoms with Crippen molar-refractivity contribution in [2.75, 3.05) is 52.5 Å². The molecule has 3 rings (SSSR count). The zero-order valence-electron chi connectivity index (χ0n) is 16.5. The third-order valence-corrected chi connectivity index (χ3v) is 4.81. The van der Waals surface area contributed by atoms with Crippen molar-refractivity contribution in [1.82, 2.24) is 15.1 Å². The molecule has 1 aromatic rings. The molecule has 158 valence electrons. The normalized spacial score (nSPS) is 20.0. The highest BCUT2D eigenvalue weighted by Crippen LogP contribution is 2.12. The summed E-state index contributed by atoms with van der Waals surface area (Å²) in [6.45, 7) is 7.22. The number of nitrogens with one attached hydrogen (secondary N) is 1. The summed E-state index contributed by atoms with van der Waals surface area (Å²) in [5.41, 5.74) is 0. The molecule has 1 atom stereocenters. The third-order valence-electron chi connectivity index (χ3n) is 4.81. The maximum atomic E-state index is 11.9. The van der Waals surface area contributed by atoms with Crippen LogP contribution in [0.1, 0.15) is 25.5 Å². The van der Waals surface area contributed by atoms with Crippen molar-refractivity contribution < 1.29 is 18.7 Å². The highest BCUT2D eigenvalue weighted by molar-refractivity contribution is 14.0. The molecule has 1 amide bonds. The van der Waals surface area contributed by atoms with Crippen molar-refractivity contribution >= 4 is 36.0 Å². The average molecular weight is 506 g/mol. The summed E-state index contributed by atoms with van der Waals surface area (Å²) in [6.07, 6.45) is 4.65. The van der Waals surface area contributed by atoms with Crippen molar-refractivity contribution in [2.24, 2.45) is 4.99 Å². The van der Waals surface area contributed by atoms with Crippen LogP contribution in [0.2, 0.25) is 0 Å². The molecular formula is C19H31IN4O4. The van der Waals surface area contributed by atoms with Crippen LogP contribution in [0.5, 0.6) is 0 Å². The second-order valence-electron chi connectivity index (χ2n) is 6.73. The van der Waals surface area contributed by atoms with Crippen LogP contribution < -0.4 is 5.32 Å². The summed E-state index contributed by atoms with van der Waals surface area (Å²) in [5, 5.41) is 3.45. The monoisotopic (exact) mass is 506 g/mol. The van der Waals surface area contributed by atoms with E-state index < -0.39 is 0 Å². The van der Waals surface area contributed by atoms with E-state index in [0.29, 0.717) is 26.2 Å². The number of ether oxygens (including phenoxy) is 2. The molecule has 1 unspecified atom stereocenters. The second kappa shape index (κ2) is 12.2. The Bertz CT molecular complexity index is 597. The molecule has 2 aliphatic rings. The number of halogens is 1. The number of guanidine groups is 1. The molecule has 2 aliphatic heterocycles. The van der Waals surface area contributed by atoms with Gasteiger partial charge in [-0.25, -0.2) is 4.79 Å². The first-order chi connectivity index (χ1) is 13.3. The van der Waals surface area contributed by atoms with E-state index in [1.54, 1.807) is 11.2 Å². The van der Waals surface area contributed by atoms with Gasteiger partial charge in [-0.2, -0.15) is 0 Å². The molecule has 0 radical (unpaired) electrons. The van der Waals surface area contributed by atoms with Gasteiger partial charge >= 0.3 is 6.09 Å². The molecule has 0 spiro atoms. The third kappa shape index (κ3) is 6.84. The smallest absolute Gasteiger partial charge is 0.409 e. The number of carbonyl (C=O) groups is 1. The van der Waals surface area contributed by atoms with Gasteiger partial charge in [0.1, 0.15) is 5.76 Å². The van der Waals surface area contributed by atoms with Gasteiger partial charge in [-0.3, -0.25) is 4.99 Å². The topological polar surface area (TPSA) is 79.5 Å². The van der Waals surface area contributed by atoms with Crippen molar-refractivity contribution in [3.63, 3.8) is 0 Å². The summed E-state index contributed by atoms with van der Waals surface area (Å²) in [4.78, 5) is 20.6. The van der Waals surface area contributed by atoms with Crippen molar-refractivity contribution in [1.29, 1.82) is 0 Å². The Morgan fingerprint density at radius 1 is 1.32 bits per heavy atom. The number of carbonyl (C=O) groups excluding carboxylic acids is 1. The molecule has 9 heteroatoms. The Morgan fingerprint density at radius 3 is 2.75 bits per heavy atom. The maximum absolute atomic E-state index is 11.9. The SMILES string of the molecule is CCOC(=O)N1CCN(C(=NCC2CCCO2)NCCc2ccco2)CC1.I. The zero-order valence-corrected chi connectivity index (χ0v) is 18.8. The fourth-order valence-corrected chi connectivity index (χ4v) is 3.31. The first-order valence-corrected chi connectivity index (χ1v) is 9.85. The lowest BCUT2D eigenvalue weighted by molar-refractivity contribution is 0.0912. The molecule has 2 saturated heterocycles. The van der Waals surface area contributed by atoms with E-state index >= 15 is 0 Å². The first-order valence-electron chi connectivity index (χ1n) is 9.85. The minimum Gasteiger partial charge on any atom is -0.469 e. The highest BCUT2D eigenvalue weighted by atomic mass is 127. The van der Waals surface area contributed by atoms with Gasteiger partial charge in [-0.15, -0.1) is 24.0 Å². The first kappa shape index (κ1) is 22.8. The van der Waals surface area contributed by atoms with Crippen molar-refractivity contribution in [3.8, 4) is 0 Å². The Balaban J connectivity index is 0.00000280. The van der Waals surface area contributed by atoms with Crippen LogP contribution in [0.3, 0.4) is 0 Å². The van der Waals surface area contributed by atoms with Crippen LogP contribution in [0.25, 0.3) is 0 Å². The molecule has 8 nitrogen and oxygen atoms in total. The number of nitrogens with zero attached hydrogens (tertiary/aromatic N) is 3. The van der Waals surface area contributed by atoms with Gasteiger partial charge in [0, 0.05) is 45.8 Å². The summed E-state index contributed by atoms with van der Waals surface area (Å²) < 4.78 is 16.2. The lowest BCUT2D eigenvalue weighted by Gasteiger charge is -2.36. The predicted molar refractivity (Wildman–Crippen MR) is 117 cm³/mol. The average Bonchev–Trinajstić information content (AvgIpc) is 3.39. The predicted octanol–water partition coefficient (Wildman–Crippen LogP) is 2.34. The van der Waals surface area contributed by atoms with E-state index in [0.717, 1.165) is 57.2 Å². The molecule has 2 fully saturated rings. The van der Waals surface area contributed by atoms with Gasteiger partial charge in [0.15, 0.2) is 5.96 Å². The molecule has 1 aromatic heterocycles. The lowest BCUT2D eigenvalue weighted by Crippen LogP contribution is -2.54. The van der Waals surface area contributed by atoms with E-state index in [1.165, 1.54) is 0 Å². The van der Waals surface area contributed by atoms with Gasteiger partial charge in [-0.05, 0) is 31.9 Å². The standard InChI is InChI=1S/C19H30N4O4.HI/c1-2-25-19(24)23-11-9-22(10-12-23)18(21-15-17-6-4-14-27-17)20-8-7-16-5-3-13-26-16;/h3,5,13,17H,2,4,6-12,14-15H2,1H3,(H,20,21);1H. The highest BCUT2D eigenvalue weighted by Gasteiger charge is 2.24. The minimum atomic E-state index is -0.235. The largest absolute Gasteiger partial charge is 0.469 e. The van der Waals surface area contributed by atoms with Crippen LogP contribution in [-0.4, -0.2) is 80.4 Å². The number of hydrogen-bond donors (Lipinski definition) is 1. The number of hydrogen-bond acceptors (Lipinski definition) is 5. The van der Waals surface area contributed by atoms with Gasteiger partial charge in [0.05, 0.1) is 25.5 Å². The van der Waals surface area contributed by atoms with Crippen LogP contribution in [0.4, 0.5) is 4.79 Å². The van der Waals surface area contributed by atoms with E-state index in [4.69, 9.17) is 18.9 Å². The van der Waals surface area contributed by atoms with Crippen LogP contribution in [0.15, 0.2) is 27.8 Å². The molecule has 0 saturated carbocycles. The zero-order chi connectivity index (χ0) is 18.9. The maximum Gasteiger partial charge on any atom is 0.409 e. The van der Waals surface area contributed by atoms with E-state index in [2.05, 4.69) is 10.2 Å². The summed E-state index contributed by atoms with van der Waals surface area (Å²) in [6, 6.07) is 3.87. The van der Waals surface area contributed by atoms with Crippen molar-refractivity contribution in [3.05, 3.63) is 24.2 Å². The fraction of sp³-hybridized carbons (Fsp3) is 0.684. The van der Waals surface area contributed by atoms with Gasteiger partial charge in [-0.1, -0.05) is 0 Å². The van der Waals surface area contributed by atoms with Crippen LogP contribution in [-0.2, 0) is 15.9 Å². The quantitative estimate of drug-likeness (QED) is 0.363. The van der Waals surface area contributed by atoms with Gasteiger partial charge in [0.2, 0.25) is 0 Å². The number of rotatable bonds is 6. The molecule has 0 aromatic carbocycles. The number of amides is 1. The molecule has 0 aliphatic carbocycles. The summed E-state index contributed by atoms with van der Waals surface area (Å²) >= 11 is 0. The Kier molecular flexibility index (Phi) is 9.89. The van der Waals surface area contributed by atoms with E-state index in [1.807, 2.05) is 19.1 Å². The van der Waals surface area contributed by atoms with Gasteiger partial charge in [0.25, 0.3) is 0 Å². The lowest BCUT2D eigenvalue weighted by atomic mass is 10.2. The van der Waals surface area contributed by atoms with Crippen molar-refractivity contribution in [2.45, 2.75) is 32.3 Å². The molecule has 0 bridgehead atoms. The van der Waals surface area contributed by atoms with Gasteiger partial charge < -0.3 is 29.0 Å². The van der Waals surface area contributed by atoms with E-state index in [-0.39, 0.29) is 36.2 Å². The van der Waals surface area contributed by atoms with E-state index in [9.17, 15) is 4.79 Å². The number of furan rings is 1. The minimum absolute atomic E-state index is 0. The Morgan fingerprint density at radius 2 is 2.11 bits per heavy atom. The summed E-state index contributed by atoms with van der Waals surface area (Å²) in [7, 11) is 0. The fourth-order valence-electron chi connectivity index (χ4n) is 3.31. The Hall–Kier alpha value is -1.49.